The lowest BCUT2D eigenvalue weighted by atomic mass is 10.3. The summed E-state index contributed by atoms with van der Waals surface area (Å²) in [4.78, 5) is 24.0. The van der Waals surface area contributed by atoms with E-state index in [-0.39, 0.29) is 10.6 Å². The molecule has 1 aromatic heterocycles. The Labute approximate surface area is 117 Å². The van der Waals surface area contributed by atoms with Crippen LogP contribution in [-0.2, 0) is 0 Å². The lowest BCUT2D eigenvalue weighted by Gasteiger charge is -2.21. The fraction of sp³-hybridized carbons (Fsp3) is 0.692. The first-order valence-corrected chi connectivity index (χ1v) is 7.20. The molecule has 2 aliphatic heterocycles. The highest BCUT2D eigenvalue weighted by molar-refractivity contribution is 5.63. The predicted octanol–water partition coefficient (Wildman–Crippen LogP) is 1.89. The second kappa shape index (κ2) is 5.22. The smallest absolute Gasteiger partial charge is 0.332 e. The quantitative estimate of drug-likeness (QED) is 0.620. The van der Waals surface area contributed by atoms with Crippen molar-refractivity contribution in [2.75, 3.05) is 36.0 Å². The Balaban J connectivity index is 2.04. The molecule has 20 heavy (non-hydrogen) atoms. The molecule has 2 aliphatic rings. The molecule has 0 saturated carbocycles. The van der Waals surface area contributed by atoms with Gasteiger partial charge < -0.3 is 9.80 Å². The van der Waals surface area contributed by atoms with Crippen LogP contribution in [0.25, 0.3) is 0 Å². The van der Waals surface area contributed by atoms with Crippen molar-refractivity contribution in [2.24, 2.45) is 0 Å². The topological polar surface area (TPSA) is 75.4 Å². The van der Waals surface area contributed by atoms with Gasteiger partial charge in [0.25, 0.3) is 0 Å². The Kier molecular flexibility index (Phi) is 3.42. The van der Waals surface area contributed by atoms with Crippen LogP contribution in [0.3, 0.4) is 0 Å². The molecule has 0 aromatic carbocycles. The Hall–Kier alpha value is -1.92. The van der Waals surface area contributed by atoms with Gasteiger partial charge in [-0.25, -0.2) is 4.98 Å². The summed E-state index contributed by atoms with van der Waals surface area (Å²) >= 11 is 0. The van der Waals surface area contributed by atoms with Gasteiger partial charge in [0.15, 0.2) is 0 Å². The molecule has 0 unspecified atom stereocenters. The normalized spacial score (nSPS) is 18.9. The summed E-state index contributed by atoms with van der Waals surface area (Å²) in [6.07, 6.45) is 4.41. The summed E-state index contributed by atoms with van der Waals surface area (Å²) in [5.41, 5.74) is 0.531. The molecular formula is C13H19N5O2. The predicted molar refractivity (Wildman–Crippen MR) is 76.3 cm³/mol. The Morgan fingerprint density at radius 3 is 2.10 bits per heavy atom. The fourth-order valence-electron chi connectivity index (χ4n) is 2.96. The van der Waals surface area contributed by atoms with Crippen LogP contribution in [0.2, 0.25) is 0 Å². The van der Waals surface area contributed by atoms with Crippen molar-refractivity contribution in [3.63, 3.8) is 0 Å². The van der Waals surface area contributed by atoms with Crippen LogP contribution in [-0.4, -0.2) is 41.1 Å². The summed E-state index contributed by atoms with van der Waals surface area (Å²) in [5, 5.41) is 11.3. The molecule has 7 nitrogen and oxygen atoms in total. The zero-order valence-corrected chi connectivity index (χ0v) is 11.7. The molecule has 2 saturated heterocycles. The van der Waals surface area contributed by atoms with Crippen LogP contribution >= 0.6 is 0 Å². The lowest BCUT2D eigenvalue weighted by molar-refractivity contribution is -0.385. The minimum Gasteiger partial charge on any atom is -0.351 e. The van der Waals surface area contributed by atoms with Gasteiger partial charge in [-0.1, -0.05) is 0 Å². The van der Waals surface area contributed by atoms with E-state index in [0.29, 0.717) is 17.5 Å². The van der Waals surface area contributed by atoms with Crippen LogP contribution in [0.1, 0.15) is 31.4 Å². The highest BCUT2D eigenvalue weighted by Crippen LogP contribution is 2.33. The summed E-state index contributed by atoms with van der Waals surface area (Å²) < 4.78 is 0. The maximum Gasteiger partial charge on any atom is 0.332 e. The second-order valence-corrected chi connectivity index (χ2v) is 5.43. The van der Waals surface area contributed by atoms with Crippen LogP contribution in [0.4, 0.5) is 17.5 Å². The third-order valence-electron chi connectivity index (χ3n) is 4.01. The zero-order valence-electron chi connectivity index (χ0n) is 11.7. The van der Waals surface area contributed by atoms with Gasteiger partial charge in [-0.15, -0.1) is 0 Å². The molecule has 0 amide bonds. The van der Waals surface area contributed by atoms with Crippen molar-refractivity contribution in [1.82, 2.24) is 9.97 Å². The minimum atomic E-state index is -0.350. The van der Waals surface area contributed by atoms with Gasteiger partial charge in [-0.05, 0) is 32.6 Å². The Morgan fingerprint density at radius 1 is 1.00 bits per heavy atom. The summed E-state index contributed by atoms with van der Waals surface area (Å²) in [6, 6.07) is 0. The third kappa shape index (κ3) is 2.28. The minimum absolute atomic E-state index is 0.0647. The summed E-state index contributed by atoms with van der Waals surface area (Å²) in [7, 11) is 0. The maximum atomic E-state index is 11.3. The van der Waals surface area contributed by atoms with Gasteiger partial charge in [0.1, 0.15) is 5.69 Å². The zero-order chi connectivity index (χ0) is 14.1. The van der Waals surface area contributed by atoms with E-state index < -0.39 is 0 Å². The molecule has 2 fully saturated rings. The lowest BCUT2D eigenvalue weighted by Crippen LogP contribution is -2.25. The van der Waals surface area contributed by atoms with E-state index in [1.54, 1.807) is 6.92 Å². The van der Waals surface area contributed by atoms with Gasteiger partial charge in [0.05, 0.1) is 4.92 Å². The van der Waals surface area contributed by atoms with Crippen LogP contribution in [0.5, 0.6) is 0 Å². The number of aryl methyl sites for hydroxylation is 1. The molecule has 0 spiro atoms. The number of nitro groups is 1. The summed E-state index contributed by atoms with van der Waals surface area (Å²) in [6.45, 7) is 5.28. The van der Waals surface area contributed by atoms with Gasteiger partial charge >= 0.3 is 5.69 Å². The third-order valence-corrected chi connectivity index (χ3v) is 4.01. The molecule has 3 rings (SSSR count). The van der Waals surface area contributed by atoms with Crippen LogP contribution in [0, 0.1) is 17.0 Å². The number of rotatable bonds is 3. The molecule has 0 atom stereocenters. The van der Waals surface area contributed by atoms with E-state index in [1.165, 1.54) is 0 Å². The van der Waals surface area contributed by atoms with E-state index in [2.05, 4.69) is 14.9 Å². The van der Waals surface area contributed by atoms with E-state index in [1.807, 2.05) is 4.90 Å². The molecule has 1 aromatic rings. The van der Waals surface area contributed by atoms with E-state index in [4.69, 9.17) is 0 Å². The monoisotopic (exact) mass is 277 g/mol. The molecule has 108 valence electrons. The number of hydrogen-bond acceptors (Lipinski definition) is 6. The van der Waals surface area contributed by atoms with Crippen LogP contribution in [0.15, 0.2) is 0 Å². The van der Waals surface area contributed by atoms with E-state index >= 15 is 0 Å². The number of anilines is 2. The first-order chi connectivity index (χ1) is 9.66. The van der Waals surface area contributed by atoms with Gasteiger partial charge in [0.2, 0.25) is 11.8 Å². The molecule has 0 N–H and O–H groups in total. The molecule has 7 heteroatoms. The van der Waals surface area contributed by atoms with Crippen LogP contribution < -0.4 is 9.80 Å². The van der Waals surface area contributed by atoms with Crippen molar-refractivity contribution in [2.45, 2.75) is 32.6 Å². The first-order valence-electron chi connectivity index (χ1n) is 7.20. The second-order valence-electron chi connectivity index (χ2n) is 5.43. The SMILES string of the molecule is Cc1nc(N2CCCC2)nc(N2CCCC2)c1[N+](=O)[O-]. The number of nitrogens with zero attached hydrogens (tertiary/aromatic N) is 5. The molecule has 0 aliphatic carbocycles. The van der Waals surface area contributed by atoms with Crippen molar-refractivity contribution >= 4 is 17.5 Å². The maximum absolute atomic E-state index is 11.3. The molecule has 0 radical (unpaired) electrons. The highest BCUT2D eigenvalue weighted by Gasteiger charge is 2.29. The fourth-order valence-corrected chi connectivity index (χ4v) is 2.96. The number of hydrogen-bond donors (Lipinski definition) is 0. The largest absolute Gasteiger partial charge is 0.351 e. The van der Waals surface area contributed by atoms with E-state index in [9.17, 15) is 10.1 Å². The average Bonchev–Trinajstić information content (AvgIpc) is 3.11. The Morgan fingerprint density at radius 2 is 1.55 bits per heavy atom. The molecule has 0 bridgehead atoms. The first kappa shape index (κ1) is 13.1. The van der Waals surface area contributed by atoms with Crippen molar-refractivity contribution in [1.29, 1.82) is 0 Å². The Bertz CT molecular complexity index is 522. The van der Waals surface area contributed by atoms with Gasteiger partial charge in [-0.3, -0.25) is 10.1 Å². The highest BCUT2D eigenvalue weighted by atomic mass is 16.6. The van der Waals surface area contributed by atoms with E-state index in [0.717, 1.165) is 51.9 Å². The summed E-state index contributed by atoms with van der Waals surface area (Å²) in [5.74, 6) is 1.15. The number of aromatic nitrogens is 2. The van der Waals surface area contributed by atoms with Gasteiger partial charge in [-0.2, -0.15) is 4.98 Å². The van der Waals surface area contributed by atoms with Crippen molar-refractivity contribution < 1.29 is 4.92 Å². The van der Waals surface area contributed by atoms with Crippen molar-refractivity contribution in [3.05, 3.63) is 15.8 Å². The average molecular weight is 277 g/mol. The molecular weight excluding hydrogens is 258 g/mol. The molecule has 3 heterocycles. The van der Waals surface area contributed by atoms with Crippen molar-refractivity contribution in [3.8, 4) is 0 Å². The van der Waals surface area contributed by atoms with Gasteiger partial charge in [0, 0.05) is 26.2 Å². The standard InChI is InChI=1S/C13H19N5O2/c1-10-11(18(19)20)12(16-6-2-3-7-16)15-13(14-10)17-8-4-5-9-17/h2-9H2,1H3.